The van der Waals surface area contributed by atoms with Crippen LogP contribution in [-0.4, -0.2) is 16.9 Å². The summed E-state index contributed by atoms with van der Waals surface area (Å²) in [6.07, 6.45) is 2.80. The Hall–Kier alpha value is -1.77. The van der Waals surface area contributed by atoms with Crippen LogP contribution in [0.15, 0.2) is 28.7 Å². The van der Waals surface area contributed by atoms with Gasteiger partial charge in [-0.2, -0.15) is 0 Å². The molecule has 1 aromatic carbocycles. The van der Waals surface area contributed by atoms with Gasteiger partial charge >= 0.3 is 0 Å². The highest BCUT2D eigenvalue weighted by Gasteiger charge is 2.27. The minimum absolute atomic E-state index is 0.143. The van der Waals surface area contributed by atoms with Crippen molar-refractivity contribution in [2.75, 3.05) is 5.32 Å². The maximum atomic E-state index is 12.3. The molecule has 5 nitrogen and oxygen atoms in total. The third-order valence-electron chi connectivity index (χ3n) is 4.30. The quantitative estimate of drug-likeness (QED) is 0.618. The fourth-order valence-electron chi connectivity index (χ4n) is 3.04. The van der Waals surface area contributed by atoms with Crippen LogP contribution in [0.25, 0.3) is 0 Å². The summed E-state index contributed by atoms with van der Waals surface area (Å²) in [5.74, 6) is -0.210. The van der Waals surface area contributed by atoms with E-state index in [-0.39, 0.29) is 11.0 Å². The van der Waals surface area contributed by atoms with Crippen molar-refractivity contribution in [1.29, 1.82) is 0 Å². The third kappa shape index (κ3) is 4.13. The second kappa shape index (κ2) is 7.85. The van der Waals surface area contributed by atoms with Crippen LogP contribution in [0.5, 0.6) is 0 Å². The first kappa shape index (κ1) is 19.0. The molecule has 1 aromatic heterocycles. The number of thiophene rings is 1. The summed E-state index contributed by atoms with van der Waals surface area (Å²) >= 11 is 10.1. The van der Waals surface area contributed by atoms with E-state index in [0.29, 0.717) is 22.0 Å². The Labute approximate surface area is 169 Å². The Bertz CT molecular complexity index is 895. The Morgan fingerprint density at radius 3 is 2.85 bits per heavy atom. The molecular weight excluding hydrogens is 434 g/mol. The normalized spacial score (nSPS) is 15.8. The molecule has 4 N–H and O–H groups in total. The molecule has 0 radical (unpaired) electrons. The van der Waals surface area contributed by atoms with Crippen molar-refractivity contribution in [2.45, 2.75) is 26.2 Å². The largest absolute Gasteiger partial charge is 0.365 e. The van der Waals surface area contributed by atoms with Gasteiger partial charge in [-0.05, 0) is 61.2 Å². The van der Waals surface area contributed by atoms with Gasteiger partial charge in [0.1, 0.15) is 5.00 Å². The number of hydrogen-bond donors (Lipinski definition) is 3. The summed E-state index contributed by atoms with van der Waals surface area (Å²) in [6.45, 7) is 2.20. The molecule has 1 heterocycles. The smallest absolute Gasteiger partial charge is 0.257 e. The first-order valence-electron chi connectivity index (χ1n) is 8.17. The van der Waals surface area contributed by atoms with E-state index in [4.69, 9.17) is 18.0 Å². The highest BCUT2D eigenvalue weighted by atomic mass is 79.9. The maximum Gasteiger partial charge on any atom is 0.257 e. The first-order chi connectivity index (χ1) is 12.3. The van der Waals surface area contributed by atoms with Crippen molar-refractivity contribution in [3.05, 3.63) is 50.3 Å². The van der Waals surface area contributed by atoms with Crippen molar-refractivity contribution in [1.82, 2.24) is 5.32 Å². The molecule has 2 aromatic rings. The molecule has 0 unspecified atom stereocenters. The minimum Gasteiger partial charge on any atom is -0.365 e. The number of nitrogens with one attached hydrogen (secondary N) is 2. The molecule has 2 amide bonds. The van der Waals surface area contributed by atoms with Gasteiger partial charge in [0.15, 0.2) is 5.11 Å². The average molecular weight is 452 g/mol. The van der Waals surface area contributed by atoms with Gasteiger partial charge in [-0.25, -0.2) is 0 Å². The van der Waals surface area contributed by atoms with E-state index in [0.717, 1.165) is 29.3 Å². The number of anilines is 1. The number of benzene rings is 1. The Morgan fingerprint density at radius 2 is 2.15 bits per heavy atom. The van der Waals surface area contributed by atoms with Crippen LogP contribution in [0.2, 0.25) is 0 Å². The summed E-state index contributed by atoms with van der Waals surface area (Å²) < 4.78 is 0.806. The van der Waals surface area contributed by atoms with Crippen LogP contribution in [0.1, 0.15) is 44.5 Å². The topological polar surface area (TPSA) is 84.2 Å². The number of carbonyl (C=O) groups is 2. The van der Waals surface area contributed by atoms with Gasteiger partial charge in [0, 0.05) is 14.9 Å². The lowest BCUT2D eigenvalue weighted by atomic mass is 9.88. The molecule has 0 aliphatic heterocycles. The zero-order chi connectivity index (χ0) is 18.8. The van der Waals surface area contributed by atoms with E-state index in [1.54, 1.807) is 18.2 Å². The molecule has 0 spiro atoms. The van der Waals surface area contributed by atoms with Gasteiger partial charge in [0.2, 0.25) is 0 Å². The number of thiocarbonyl (C=S) groups is 1. The highest BCUT2D eigenvalue weighted by molar-refractivity contribution is 9.10. The molecule has 8 heteroatoms. The van der Waals surface area contributed by atoms with Gasteiger partial charge in [0.25, 0.3) is 11.8 Å². The molecule has 0 saturated heterocycles. The number of amides is 2. The van der Waals surface area contributed by atoms with E-state index >= 15 is 0 Å². The number of rotatable bonds is 3. The summed E-state index contributed by atoms with van der Waals surface area (Å²) in [5.41, 5.74) is 7.59. The molecule has 1 aliphatic rings. The zero-order valence-corrected chi connectivity index (χ0v) is 17.3. The molecule has 136 valence electrons. The molecule has 0 saturated carbocycles. The Balaban J connectivity index is 1.77. The van der Waals surface area contributed by atoms with Crippen LogP contribution in [0.4, 0.5) is 5.00 Å². The number of fused-ring (bicyclic) bond motifs is 1. The molecular formula is C18H18BrN3O2S2. The SMILES string of the molecule is C[C@@H]1CCc2c(sc(NC(=S)NC(=O)c3cccc(Br)c3)c2C(N)=O)C1. The number of carbonyl (C=O) groups excluding carboxylic acids is 2. The number of nitrogens with two attached hydrogens (primary N) is 1. The summed E-state index contributed by atoms with van der Waals surface area (Å²) in [5, 5.41) is 6.38. The van der Waals surface area contributed by atoms with Crippen molar-refractivity contribution in [3.8, 4) is 0 Å². The lowest BCUT2D eigenvalue weighted by Gasteiger charge is -2.18. The van der Waals surface area contributed by atoms with Crippen molar-refractivity contribution < 1.29 is 9.59 Å². The molecule has 26 heavy (non-hydrogen) atoms. The third-order valence-corrected chi connectivity index (χ3v) is 6.17. The monoisotopic (exact) mass is 451 g/mol. The standard InChI is InChI=1S/C18H18BrN3O2S2/c1-9-5-6-12-13(7-9)26-17(14(12)15(20)23)22-18(25)21-16(24)10-3-2-4-11(19)8-10/h2-4,8-9H,5-7H2,1H3,(H2,20,23)(H2,21,22,24,25)/t9-/m1/s1. The van der Waals surface area contributed by atoms with E-state index in [9.17, 15) is 9.59 Å². The van der Waals surface area contributed by atoms with Crippen molar-refractivity contribution in [3.63, 3.8) is 0 Å². The predicted molar refractivity (Wildman–Crippen MR) is 112 cm³/mol. The molecule has 1 atom stereocenters. The fourth-order valence-corrected chi connectivity index (χ4v) is 5.12. The Morgan fingerprint density at radius 1 is 1.38 bits per heavy atom. The van der Waals surface area contributed by atoms with Gasteiger partial charge in [0.05, 0.1) is 5.56 Å². The summed E-state index contributed by atoms with van der Waals surface area (Å²) in [7, 11) is 0. The number of hydrogen-bond acceptors (Lipinski definition) is 4. The highest BCUT2D eigenvalue weighted by Crippen LogP contribution is 2.39. The molecule has 3 rings (SSSR count). The van der Waals surface area contributed by atoms with Crippen LogP contribution in [0.3, 0.4) is 0 Å². The van der Waals surface area contributed by atoms with Gasteiger partial charge < -0.3 is 11.1 Å². The van der Waals surface area contributed by atoms with E-state index < -0.39 is 5.91 Å². The number of primary amides is 1. The van der Waals surface area contributed by atoms with Crippen molar-refractivity contribution >= 4 is 61.4 Å². The predicted octanol–water partition coefficient (Wildman–Crippen LogP) is 3.86. The second-order valence-corrected chi connectivity index (χ2v) is 8.77. The van der Waals surface area contributed by atoms with Crippen LogP contribution in [-0.2, 0) is 12.8 Å². The van der Waals surface area contributed by atoms with E-state index in [1.807, 2.05) is 6.07 Å². The van der Waals surface area contributed by atoms with Crippen LogP contribution in [0, 0.1) is 5.92 Å². The van der Waals surface area contributed by atoms with Gasteiger partial charge in [-0.3, -0.25) is 14.9 Å². The lowest BCUT2D eigenvalue weighted by molar-refractivity contribution is 0.0975. The molecule has 1 aliphatic carbocycles. The summed E-state index contributed by atoms with van der Waals surface area (Å²) in [4.78, 5) is 25.4. The van der Waals surface area contributed by atoms with Gasteiger partial charge in [-0.1, -0.05) is 28.9 Å². The minimum atomic E-state index is -0.472. The molecule has 0 fully saturated rings. The van der Waals surface area contributed by atoms with Crippen LogP contribution >= 0.6 is 39.5 Å². The fraction of sp³-hybridized carbons (Fsp3) is 0.278. The van der Waals surface area contributed by atoms with E-state index in [2.05, 4.69) is 33.5 Å². The lowest BCUT2D eigenvalue weighted by Crippen LogP contribution is -2.34. The van der Waals surface area contributed by atoms with Crippen LogP contribution < -0.4 is 16.4 Å². The number of halogens is 1. The molecule has 0 bridgehead atoms. The zero-order valence-electron chi connectivity index (χ0n) is 14.1. The average Bonchev–Trinajstić information content (AvgIpc) is 2.91. The first-order valence-corrected chi connectivity index (χ1v) is 10.2. The van der Waals surface area contributed by atoms with Crippen molar-refractivity contribution in [2.24, 2.45) is 11.7 Å². The Kier molecular flexibility index (Phi) is 5.74. The second-order valence-electron chi connectivity index (χ2n) is 6.34. The van der Waals surface area contributed by atoms with Gasteiger partial charge in [-0.15, -0.1) is 11.3 Å². The summed E-state index contributed by atoms with van der Waals surface area (Å²) in [6, 6.07) is 7.01. The maximum absolute atomic E-state index is 12.3. The van der Waals surface area contributed by atoms with E-state index in [1.165, 1.54) is 16.2 Å².